The molecule has 0 aliphatic carbocycles. The van der Waals surface area contributed by atoms with Crippen LogP contribution in [0.4, 0.5) is 5.82 Å². The molecule has 3 rings (SSSR count). The van der Waals surface area contributed by atoms with Crippen molar-refractivity contribution in [3.63, 3.8) is 0 Å². The van der Waals surface area contributed by atoms with Gasteiger partial charge in [-0.25, -0.2) is 4.98 Å². The Morgan fingerprint density at radius 3 is 2.64 bits per heavy atom. The van der Waals surface area contributed by atoms with Crippen LogP contribution in [0.3, 0.4) is 0 Å². The molecule has 0 saturated heterocycles. The largest absolute Gasteiger partial charge is 0.502 e. The van der Waals surface area contributed by atoms with Gasteiger partial charge in [0.25, 0.3) is 0 Å². The third-order valence-electron chi connectivity index (χ3n) is 3.59. The Morgan fingerprint density at radius 1 is 1.20 bits per heavy atom. The summed E-state index contributed by atoms with van der Waals surface area (Å²) in [7, 11) is 0. The number of nitrogens with zero attached hydrogens (tertiary/aromatic N) is 1. The number of hydrogen-bond donors (Lipinski definition) is 3. The predicted molar refractivity (Wildman–Crippen MR) is 93.7 cm³/mol. The van der Waals surface area contributed by atoms with Gasteiger partial charge in [0.2, 0.25) is 11.2 Å². The van der Waals surface area contributed by atoms with E-state index in [1.807, 2.05) is 0 Å². The predicted octanol–water partition coefficient (Wildman–Crippen LogP) is 3.09. The molecule has 0 radical (unpaired) electrons. The lowest BCUT2D eigenvalue weighted by Gasteiger charge is -2.21. The zero-order valence-electron chi connectivity index (χ0n) is 13.0. The number of rotatable bonds is 5. The number of aromatic nitrogens is 1. The van der Waals surface area contributed by atoms with Gasteiger partial charge in [0.1, 0.15) is 24.2 Å². The van der Waals surface area contributed by atoms with Gasteiger partial charge in [-0.15, -0.1) is 0 Å². The summed E-state index contributed by atoms with van der Waals surface area (Å²) >= 11 is 6.29. The molecule has 7 heteroatoms. The molecule has 0 unspecified atom stereocenters. The molecule has 0 spiro atoms. The smallest absolute Gasteiger partial charge is 0.227 e. The van der Waals surface area contributed by atoms with E-state index < -0.39 is 23.8 Å². The molecular weight excluding hydrogens is 344 g/mol. The summed E-state index contributed by atoms with van der Waals surface area (Å²) < 4.78 is 5.53. The first-order chi connectivity index (χ1) is 12.1. The first-order valence-electron chi connectivity index (χ1n) is 7.49. The highest BCUT2D eigenvalue weighted by molar-refractivity contribution is 6.31. The molecule has 0 bridgehead atoms. The maximum Gasteiger partial charge on any atom is 0.227 e. The Kier molecular flexibility index (Phi) is 5.02. The van der Waals surface area contributed by atoms with Crippen molar-refractivity contribution in [2.24, 2.45) is 0 Å². The highest BCUT2D eigenvalue weighted by Gasteiger charge is 2.25. The molecule has 25 heavy (non-hydrogen) atoms. The summed E-state index contributed by atoms with van der Waals surface area (Å²) in [6.45, 7) is -0.471. The van der Waals surface area contributed by atoms with Crippen molar-refractivity contribution in [1.82, 2.24) is 4.98 Å². The zero-order valence-corrected chi connectivity index (χ0v) is 13.8. The normalized spacial score (nSPS) is 11.9. The molecule has 0 saturated carbocycles. The van der Waals surface area contributed by atoms with E-state index in [9.17, 15) is 15.0 Å². The van der Waals surface area contributed by atoms with Gasteiger partial charge in [-0.3, -0.25) is 4.79 Å². The quantitative estimate of drug-likeness (QED) is 0.648. The van der Waals surface area contributed by atoms with E-state index in [2.05, 4.69) is 10.3 Å². The first-order valence-corrected chi connectivity index (χ1v) is 7.86. The van der Waals surface area contributed by atoms with Crippen LogP contribution < -0.4 is 10.7 Å². The van der Waals surface area contributed by atoms with Crippen molar-refractivity contribution >= 4 is 17.4 Å². The zero-order chi connectivity index (χ0) is 17.8. The maximum atomic E-state index is 12.0. The van der Waals surface area contributed by atoms with Gasteiger partial charge in [-0.05, 0) is 18.2 Å². The summed E-state index contributed by atoms with van der Waals surface area (Å²) in [6, 6.07) is 12.5. The van der Waals surface area contributed by atoms with Crippen LogP contribution in [0.2, 0.25) is 5.02 Å². The standard InChI is InChI=1S/C18H15ClN2O4/c19-13-6-2-1-5-12(13)16(21-15-7-3-4-8-20-15)18-17(24)14(23)9-11(10-22)25-18/h1-9,16,22,24H,10H2,(H,20,21)/t16-/m1/s1. The minimum absolute atomic E-state index is 0.0395. The summed E-state index contributed by atoms with van der Waals surface area (Å²) in [4.78, 5) is 16.2. The molecule has 3 N–H and O–H groups in total. The fraction of sp³-hybridized carbons (Fsp3) is 0.111. The van der Waals surface area contributed by atoms with Gasteiger partial charge in [-0.1, -0.05) is 35.9 Å². The maximum absolute atomic E-state index is 12.0. The SMILES string of the molecule is O=c1cc(CO)oc([C@H](Nc2ccccn2)c2ccccc2Cl)c1O. The van der Waals surface area contributed by atoms with E-state index in [1.165, 1.54) is 0 Å². The van der Waals surface area contributed by atoms with Crippen LogP contribution in [0.1, 0.15) is 23.1 Å². The van der Waals surface area contributed by atoms with Crippen LogP contribution in [0.15, 0.2) is 63.9 Å². The Bertz CT molecular complexity index is 928. The van der Waals surface area contributed by atoms with Crippen molar-refractivity contribution in [2.45, 2.75) is 12.6 Å². The summed E-state index contributed by atoms with van der Waals surface area (Å²) in [5, 5.41) is 23.1. The first kappa shape index (κ1) is 17.0. The van der Waals surface area contributed by atoms with Crippen LogP contribution in [0, 0.1) is 0 Å². The molecule has 128 valence electrons. The van der Waals surface area contributed by atoms with Crippen LogP contribution in [-0.2, 0) is 6.61 Å². The van der Waals surface area contributed by atoms with Crippen LogP contribution >= 0.6 is 11.6 Å². The number of benzene rings is 1. The van der Waals surface area contributed by atoms with E-state index in [1.54, 1.807) is 48.7 Å². The molecule has 0 amide bonds. The van der Waals surface area contributed by atoms with Crippen molar-refractivity contribution < 1.29 is 14.6 Å². The average molecular weight is 359 g/mol. The van der Waals surface area contributed by atoms with E-state index in [4.69, 9.17) is 16.0 Å². The Balaban J connectivity index is 2.16. The minimum Gasteiger partial charge on any atom is -0.502 e. The lowest BCUT2D eigenvalue weighted by atomic mass is 10.0. The van der Waals surface area contributed by atoms with E-state index >= 15 is 0 Å². The number of hydrogen-bond acceptors (Lipinski definition) is 6. The van der Waals surface area contributed by atoms with Crippen molar-refractivity contribution in [2.75, 3.05) is 5.32 Å². The minimum atomic E-state index is -0.775. The lowest BCUT2D eigenvalue weighted by molar-refractivity contribution is 0.234. The van der Waals surface area contributed by atoms with Gasteiger partial charge in [0.15, 0.2) is 5.76 Å². The molecule has 0 aliphatic heterocycles. The Hall–Kier alpha value is -2.83. The van der Waals surface area contributed by atoms with Crippen LogP contribution in [0.5, 0.6) is 5.75 Å². The van der Waals surface area contributed by atoms with Gasteiger partial charge in [0, 0.05) is 22.8 Å². The number of halogens is 1. The molecule has 0 aliphatic rings. The van der Waals surface area contributed by atoms with Gasteiger partial charge in [-0.2, -0.15) is 0 Å². The number of aliphatic hydroxyl groups is 1. The second-order valence-electron chi connectivity index (χ2n) is 5.26. The average Bonchev–Trinajstić information content (AvgIpc) is 2.63. The summed E-state index contributed by atoms with van der Waals surface area (Å²) in [6.07, 6.45) is 1.60. The van der Waals surface area contributed by atoms with Crippen molar-refractivity contribution in [1.29, 1.82) is 0 Å². The van der Waals surface area contributed by atoms with Gasteiger partial charge in [0.05, 0.1) is 0 Å². The highest BCUT2D eigenvalue weighted by atomic mass is 35.5. The monoisotopic (exact) mass is 358 g/mol. The summed E-state index contributed by atoms with van der Waals surface area (Å²) in [5.41, 5.74) is -0.0615. The lowest BCUT2D eigenvalue weighted by Crippen LogP contribution is -2.17. The molecule has 2 heterocycles. The number of nitrogens with one attached hydrogen (secondary N) is 1. The van der Waals surface area contributed by atoms with Gasteiger partial charge < -0.3 is 19.9 Å². The molecule has 0 fully saturated rings. The van der Waals surface area contributed by atoms with Crippen molar-refractivity contribution in [3.05, 3.63) is 87.1 Å². The molecule has 2 aromatic heterocycles. The molecule has 3 aromatic rings. The summed E-state index contributed by atoms with van der Waals surface area (Å²) in [5.74, 6) is -0.0533. The number of aromatic hydroxyl groups is 1. The number of pyridine rings is 1. The second kappa shape index (κ2) is 7.38. The van der Waals surface area contributed by atoms with Crippen LogP contribution in [0.25, 0.3) is 0 Å². The van der Waals surface area contributed by atoms with E-state index in [0.29, 0.717) is 16.4 Å². The van der Waals surface area contributed by atoms with E-state index in [-0.39, 0.29) is 11.5 Å². The number of anilines is 1. The molecule has 1 aromatic carbocycles. The highest BCUT2D eigenvalue weighted by Crippen LogP contribution is 2.34. The van der Waals surface area contributed by atoms with Crippen LogP contribution in [-0.4, -0.2) is 15.2 Å². The number of aliphatic hydroxyl groups excluding tert-OH is 1. The topological polar surface area (TPSA) is 95.6 Å². The molecule has 1 atom stereocenters. The third-order valence-corrected chi connectivity index (χ3v) is 3.94. The van der Waals surface area contributed by atoms with E-state index in [0.717, 1.165) is 6.07 Å². The molecular formula is C18H15ClN2O4. The third kappa shape index (κ3) is 3.65. The molecule has 6 nitrogen and oxygen atoms in total. The van der Waals surface area contributed by atoms with Crippen molar-refractivity contribution in [3.8, 4) is 5.75 Å². The Morgan fingerprint density at radius 2 is 1.96 bits per heavy atom. The fourth-order valence-electron chi connectivity index (χ4n) is 2.42. The van der Waals surface area contributed by atoms with Gasteiger partial charge >= 0.3 is 0 Å². The Labute approximate surface area is 148 Å². The fourth-order valence-corrected chi connectivity index (χ4v) is 2.66. The second-order valence-corrected chi connectivity index (χ2v) is 5.67.